The van der Waals surface area contributed by atoms with Gasteiger partial charge in [-0.25, -0.2) is 0 Å². The molecule has 0 radical (unpaired) electrons. The molecule has 0 bridgehead atoms. The van der Waals surface area contributed by atoms with Crippen LogP contribution in [0.2, 0.25) is 0 Å². The molecule has 0 saturated heterocycles. The van der Waals surface area contributed by atoms with Gasteiger partial charge in [0, 0.05) is 63.9 Å². The van der Waals surface area contributed by atoms with E-state index in [0.717, 1.165) is 16.6 Å². The van der Waals surface area contributed by atoms with Crippen LogP contribution in [0.1, 0.15) is 0 Å². The van der Waals surface area contributed by atoms with Crippen molar-refractivity contribution in [2.75, 3.05) is 0 Å². The van der Waals surface area contributed by atoms with Crippen molar-refractivity contribution in [3.05, 3.63) is 170 Å². The molecule has 0 unspecified atom stereocenters. The molecule has 0 aliphatic carbocycles. The Labute approximate surface area is 301 Å². The lowest BCUT2D eigenvalue weighted by Crippen LogP contribution is -1.93. The second-order valence-electron chi connectivity index (χ2n) is 13.7. The number of rotatable bonds is 3. The van der Waals surface area contributed by atoms with Gasteiger partial charge in [-0.2, -0.15) is 0 Å². The van der Waals surface area contributed by atoms with E-state index in [9.17, 15) is 0 Å². The third-order valence-electron chi connectivity index (χ3n) is 10.9. The molecule has 0 spiro atoms. The van der Waals surface area contributed by atoms with Crippen molar-refractivity contribution >= 4 is 97.1 Å². The summed E-state index contributed by atoms with van der Waals surface area (Å²) in [7, 11) is 0. The fraction of sp³-hybridized carbons (Fsp3) is 0. The standard InChI is InChI=1S/C48H28N2OS/c1-2-10-31(11-3-1)49-41-15-7-4-12-33(41)36-24-29(18-21-43(36)49)30-19-22-44-37(25-30)34-13-5-8-16-42(34)50(44)32-20-23-47-39(26-32)40-27-38-35-14-6-9-17-45(35)51-46(38)28-48(40)52-47/h1-28H. The summed E-state index contributed by atoms with van der Waals surface area (Å²) in [5, 5.41) is 9.90. The Morgan fingerprint density at radius 2 is 0.904 bits per heavy atom. The molecule has 0 N–H and O–H groups in total. The van der Waals surface area contributed by atoms with Crippen molar-refractivity contribution in [3.8, 4) is 22.5 Å². The molecule has 3 nitrogen and oxygen atoms in total. The summed E-state index contributed by atoms with van der Waals surface area (Å²) in [6.45, 7) is 0. The summed E-state index contributed by atoms with van der Waals surface area (Å²) in [6, 6.07) is 61.9. The van der Waals surface area contributed by atoms with Crippen molar-refractivity contribution < 1.29 is 4.42 Å². The van der Waals surface area contributed by atoms with Crippen molar-refractivity contribution in [1.82, 2.24) is 9.13 Å². The molecule has 0 amide bonds. The van der Waals surface area contributed by atoms with Crippen LogP contribution in [-0.2, 0) is 0 Å². The van der Waals surface area contributed by atoms with Gasteiger partial charge in [-0.3, -0.25) is 0 Å². The van der Waals surface area contributed by atoms with Crippen molar-refractivity contribution in [2.45, 2.75) is 0 Å². The van der Waals surface area contributed by atoms with Gasteiger partial charge in [0.25, 0.3) is 0 Å². The van der Waals surface area contributed by atoms with Gasteiger partial charge in [0.2, 0.25) is 0 Å². The number of hydrogen-bond acceptors (Lipinski definition) is 2. The van der Waals surface area contributed by atoms with E-state index in [2.05, 4.69) is 173 Å². The molecule has 0 atom stereocenters. The van der Waals surface area contributed by atoms with Crippen LogP contribution in [0.4, 0.5) is 0 Å². The van der Waals surface area contributed by atoms with E-state index < -0.39 is 0 Å². The highest BCUT2D eigenvalue weighted by Crippen LogP contribution is 2.42. The van der Waals surface area contributed by atoms with Crippen LogP contribution >= 0.6 is 11.3 Å². The highest BCUT2D eigenvalue weighted by molar-refractivity contribution is 7.25. The molecule has 8 aromatic carbocycles. The molecule has 12 rings (SSSR count). The van der Waals surface area contributed by atoms with Gasteiger partial charge in [0.05, 0.1) is 22.1 Å². The second kappa shape index (κ2) is 10.5. The highest BCUT2D eigenvalue weighted by Gasteiger charge is 2.18. The number of aromatic nitrogens is 2. The Bertz CT molecular complexity index is 3410. The van der Waals surface area contributed by atoms with E-state index in [4.69, 9.17) is 4.42 Å². The van der Waals surface area contributed by atoms with Gasteiger partial charge in [-0.1, -0.05) is 84.9 Å². The molecular weight excluding hydrogens is 653 g/mol. The maximum Gasteiger partial charge on any atom is 0.136 e. The zero-order valence-corrected chi connectivity index (χ0v) is 28.7. The molecular formula is C48H28N2OS. The van der Waals surface area contributed by atoms with Crippen LogP contribution in [0.25, 0.3) is 108 Å². The van der Waals surface area contributed by atoms with Gasteiger partial charge < -0.3 is 13.6 Å². The van der Waals surface area contributed by atoms with Crippen LogP contribution in [0.3, 0.4) is 0 Å². The number of para-hydroxylation sites is 4. The summed E-state index contributed by atoms with van der Waals surface area (Å²) >= 11 is 1.83. The van der Waals surface area contributed by atoms with Crippen LogP contribution in [0.5, 0.6) is 0 Å². The summed E-state index contributed by atoms with van der Waals surface area (Å²) in [4.78, 5) is 0. The number of hydrogen-bond donors (Lipinski definition) is 0. The maximum atomic E-state index is 6.24. The summed E-state index contributed by atoms with van der Waals surface area (Å²) in [5.74, 6) is 0. The average Bonchev–Trinajstić information content (AvgIpc) is 3.94. The largest absolute Gasteiger partial charge is 0.456 e. The monoisotopic (exact) mass is 680 g/mol. The summed E-state index contributed by atoms with van der Waals surface area (Å²) in [6.07, 6.45) is 0. The number of fused-ring (bicyclic) bond motifs is 12. The van der Waals surface area contributed by atoms with Crippen LogP contribution < -0.4 is 0 Å². The molecule has 4 heteroatoms. The first-order valence-corrected chi connectivity index (χ1v) is 18.5. The van der Waals surface area contributed by atoms with Gasteiger partial charge >= 0.3 is 0 Å². The van der Waals surface area contributed by atoms with Crippen LogP contribution in [-0.4, -0.2) is 9.13 Å². The fourth-order valence-electron chi connectivity index (χ4n) is 8.56. The first-order valence-electron chi connectivity index (χ1n) is 17.7. The normalized spacial score (nSPS) is 12.2. The minimum absolute atomic E-state index is 0.934. The van der Waals surface area contributed by atoms with Crippen molar-refractivity contribution in [2.24, 2.45) is 0 Å². The maximum absolute atomic E-state index is 6.24. The van der Waals surface area contributed by atoms with Gasteiger partial charge in [0.1, 0.15) is 11.2 Å². The molecule has 0 aliphatic heterocycles. The zero-order valence-electron chi connectivity index (χ0n) is 27.9. The predicted molar refractivity (Wildman–Crippen MR) is 221 cm³/mol. The zero-order chi connectivity index (χ0) is 33.9. The first-order chi connectivity index (χ1) is 25.8. The van der Waals surface area contributed by atoms with Crippen LogP contribution in [0, 0.1) is 0 Å². The van der Waals surface area contributed by atoms with E-state index in [1.54, 1.807) is 0 Å². The fourth-order valence-corrected chi connectivity index (χ4v) is 9.66. The highest BCUT2D eigenvalue weighted by atomic mass is 32.1. The number of thiophene rings is 1. The van der Waals surface area contributed by atoms with Gasteiger partial charge in [0.15, 0.2) is 0 Å². The second-order valence-corrected chi connectivity index (χ2v) is 14.8. The Kier molecular flexibility index (Phi) is 5.65. The lowest BCUT2D eigenvalue weighted by Gasteiger charge is -2.10. The van der Waals surface area contributed by atoms with Gasteiger partial charge in [-0.15, -0.1) is 11.3 Å². The SMILES string of the molecule is c1ccc(-n2c3ccccc3c3cc(-c4ccc5c(c4)c4ccccc4n5-c4ccc5sc6cc7oc8ccccc8c7cc6c5c4)ccc32)cc1. The third-order valence-corrected chi connectivity index (χ3v) is 12.0. The van der Waals surface area contributed by atoms with Crippen molar-refractivity contribution in [1.29, 1.82) is 0 Å². The van der Waals surface area contributed by atoms with Gasteiger partial charge in [-0.05, 0) is 96.1 Å². The number of furan rings is 1. The van der Waals surface area contributed by atoms with E-state index in [-0.39, 0.29) is 0 Å². The molecule has 4 heterocycles. The Hall–Kier alpha value is -6.62. The number of nitrogens with zero attached hydrogens (tertiary/aromatic N) is 2. The van der Waals surface area contributed by atoms with E-state index in [0.29, 0.717) is 0 Å². The molecule has 0 fully saturated rings. The minimum Gasteiger partial charge on any atom is -0.456 e. The molecule has 0 aliphatic rings. The lowest BCUT2D eigenvalue weighted by molar-refractivity contribution is 0.669. The quantitative estimate of drug-likeness (QED) is 0.182. The molecule has 0 saturated carbocycles. The topological polar surface area (TPSA) is 23.0 Å². The molecule has 242 valence electrons. The van der Waals surface area contributed by atoms with E-state index in [1.165, 1.54) is 91.7 Å². The minimum atomic E-state index is 0.934. The Balaban J connectivity index is 1.04. The number of benzene rings is 8. The molecule has 12 aromatic rings. The predicted octanol–water partition coefficient (Wildman–Crippen LogP) is 13.8. The Morgan fingerprint density at radius 3 is 1.62 bits per heavy atom. The van der Waals surface area contributed by atoms with Crippen LogP contribution in [0.15, 0.2) is 174 Å². The molecule has 4 aromatic heterocycles. The van der Waals surface area contributed by atoms with E-state index in [1.807, 2.05) is 17.4 Å². The Morgan fingerprint density at radius 1 is 0.327 bits per heavy atom. The lowest BCUT2D eigenvalue weighted by atomic mass is 10.0. The molecule has 52 heavy (non-hydrogen) atoms. The average molecular weight is 681 g/mol. The summed E-state index contributed by atoms with van der Waals surface area (Å²) < 4.78 is 13.6. The smallest absolute Gasteiger partial charge is 0.136 e. The third kappa shape index (κ3) is 3.90. The van der Waals surface area contributed by atoms with E-state index >= 15 is 0 Å². The van der Waals surface area contributed by atoms with Crippen molar-refractivity contribution in [3.63, 3.8) is 0 Å². The summed E-state index contributed by atoms with van der Waals surface area (Å²) in [5.41, 5.74) is 11.5. The first kappa shape index (κ1) is 28.1.